The molecule has 0 saturated carbocycles. The van der Waals surface area contributed by atoms with Crippen LogP contribution < -0.4 is 4.74 Å². The van der Waals surface area contributed by atoms with Crippen molar-refractivity contribution in [3.63, 3.8) is 0 Å². The molecule has 0 spiro atoms. The first-order valence-corrected chi connectivity index (χ1v) is 6.73. The molecule has 21 heavy (non-hydrogen) atoms. The van der Waals surface area contributed by atoms with Crippen LogP contribution in [0.3, 0.4) is 0 Å². The molecule has 4 aromatic rings. The van der Waals surface area contributed by atoms with Crippen LogP contribution in [0.1, 0.15) is 0 Å². The number of aromatic nitrogens is 3. The predicted molar refractivity (Wildman–Crippen MR) is 82.5 cm³/mol. The zero-order valence-electron chi connectivity index (χ0n) is 11.5. The van der Waals surface area contributed by atoms with Gasteiger partial charge in [0.05, 0.1) is 18.8 Å². The van der Waals surface area contributed by atoms with Crippen molar-refractivity contribution >= 4 is 16.4 Å². The van der Waals surface area contributed by atoms with Crippen LogP contribution >= 0.6 is 0 Å². The van der Waals surface area contributed by atoms with Crippen LogP contribution in [0.4, 0.5) is 0 Å². The van der Waals surface area contributed by atoms with E-state index in [2.05, 4.69) is 28.3 Å². The van der Waals surface area contributed by atoms with Gasteiger partial charge in [-0.15, -0.1) is 0 Å². The highest BCUT2D eigenvalue weighted by Gasteiger charge is 2.12. The van der Waals surface area contributed by atoms with Gasteiger partial charge in [0.2, 0.25) is 0 Å². The van der Waals surface area contributed by atoms with Crippen molar-refractivity contribution in [1.29, 1.82) is 0 Å². The lowest BCUT2D eigenvalue weighted by Gasteiger charge is -2.08. The Morgan fingerprint density at radius 1 is 1.00 bits per heavy atom. The first kappa shape index (κ1) is 11.9. The molecule has 0 aliphatic rings. The zero-order valence-corrected chi connectivity index (χ0v) is 11.5. The lowest BCUT2D eigenvalue weighted by molar-refractivity contribution is 0.419. The van der Waals surface area contributed by atoms with Crippen LogP contribution in [0.15, 0.2) is 61.1 Å². The van der Waals surface area contributed by atoms with E-state index in [1.54, 1.807) is 13.3 Å². The Kier molecular flexibility index (Phi) is 2.60. The molecule has 0 saturated heterocycles. The van der Waals surface area contributed by atoms with E-state index in [1.165, 1.54) is 0 Å². The fourth-order valence-electron chi connectivity index (χ4n) is 2.69. The Morgan fingerprint density at radius 2 is 1.95 bits per heavy atom. The Labute approximate surface area is 121 Å². The monoisotopic (exact) mass is 275 g/mol. The molecule has 3 aromatic heterocycles. The normalized spacial score (nSPS) is 11.1. The summed E-state index contributed by atoms with van der Waals surface area (Å²) in [6.45, 7) is 0. The van der Waals surface area contributed by atoms with Gasteiger partial charge in [-0.05, 0) is 35.9 Å². The minimum Gasteiger partial charge on any atom is -0.494 e. The Hall–Kier alpha value is -2.88. The molecule has 4 nitrogen and oxygen atoms in total. The molecule has 0 aliphatic carbocycles. The summed E-state index contributed by atoms with van der Waals surface area (Å²) in [5.41, 5.74) is 4.15. The van der Waals surface area contributed by atoms with Gasteiger partial charge in [-0.25, -0.2) is 4.52 Å². The molecule has 0 amide bonds. The molecule has 4 heteroatoms. The van der Waals surface area contributed by atoms with Gasteiger partial charge in [0.1, 0.15) is 11.3 Å². The molecule has 0 N–H and O–H groups in total. The topological polar surface area (TPSA) is 39.4 Å². The minimum absolute atomic E-state index is 0.783. The Balaban J connectivity index is 2.07. The number of hydrogen-bond acceptors (Lipinski definition) is 3. The SMILES string of the molecule is COc1ccc(-c2cnn3ccccc23)c2cccnc12. The number of pyridine rings is 2. The molecule has 0 unspecified atom stereocenters. The largest absolute Gasteiger partial charge is 0.494 e. The van der Waals surface area contributed by atoms with E-state index in [0.717, 1.165) is 33.3 Å². The van der Waals surface area contributed by atoms with Crippen molar-refractivity contribution in [3.05, 3.63) is 61.1 Å². The average Bonchev–Trinajstić information content (AvgIpc) is 2.98. The maximum Gasteiger partial charge on any atom is 0.145 e. The third-order valence-electron chi connectivity index (χ3n) is 3.67. The summed E-state index contributed by atoms with van der Waals surface area (Å²) < 4.78 is 7.28. The second kappa shape index (κ2) is 4.59. The number of rotatable bonds is 2. The van der Waals surface area contributed by atoms with Crippen LogP contribution in [0.2, 0.25) is 0 Å². The van der Waals surface area contributed by atoms with Gasteiger partial charge in [-0.3, -0.25) is 4.98 Å². The first-order valence-electron chi connectivity index (χ1n) is 6.73. The molecule has 4 rings (SSSR count). The van der Waals surface area contributed by atoms with Gasteiger partial charge in [0, 0.05) is 23.3 Å². The maximum atomic E-state index is 5.40. The van der Waals surface area contributed by atoms with Gasteiger partial charge in [0.15, 0.2) is 0 Å². The third-order valence-corrected chi connectivity index (χ3v) is 3.67. The van der Waals surface area contributed by atoms with Gasteiger partial charge >= 0.3 is 0 Å². The standard InChI is InChI=1S/C17H13N3O/c1-21-16-8-7-12(13-5-4-9-18-17(13)16)14-11-19-20-10-3-2-6-15(14)20/h2-11H,1H3. The summed E-state index contributed by atoms with van der Waals surface area (Å²) in [6.07, 6.45) is 5.62. The summed E-state index contributed by atoms with van der Waals surface area (Å²) >= 11 is 0. The number of benzene rings is 1. The average molecular weight is 275 g/mol. The van der Waals surface area contributed by atoms with Crippen LogP contribution in [-0.2, 0) is 0 Å². The molecule has 0 aliphatic heterocycles. The van der Waals surface area contributed by atoms with Crippen LogP contribution in [0.5, 0.6) is 5.75 Å². The van der Waals surface area contributed by atoms with Crippen LogP contribution in [-0.4, -0.2) is 21.7 Å². The van der Waals surface area contributed by atoms with E-state index >= 15 is 0 Å². The molecular formula is C17H13N3O. The van der Waals surface area contributed by atoms with Gasteiger partial charge in [-0.2, -0.15) is 5.10 Å². The van der Waals surface area contributed by atoms with Gasteiger partial charge < -0.3 is 4.74 Å². The van der Waals surface area contributed by atoms with E-state index in [0.29, 0.717) is 0 Å². The summed E-state index contributed by atoms with van der Waals surface area (Å²) in [7, 11) is 1.67. The summed E-state index contributed by atoms with van der Waals surface area (Å²) in [5, 5.41) is 5.47. The number of nitrogens with zero attached hydrogens (tertiary/aromatic N) is 3. The fourth-order valence-corrected chi connectivity index (χ4v) is 2.69. The number of hydrogen-bond donors (Lipinski definition) is 0. The van der Waals surface area contributed by atoms with E-state index in [1.807, 2.05) is 41.2 Å². The van der Waals surface area contributed by atoms with Crippen molar-refractivity contribution in [1.82, 2.24) is 14.6 Å². The minimum atomic E-state index is 0.783. The van der Waals surface area contributed by atoms with E-state index in [4.69, 9.17) is 4.74 Å². The van der Waals surface area contributed by atoms with Gasteiger partial charge in [0.25, 0.3) is 0 Å². The molecular weight excluding hydrogens is 262 g/mol. The number of fused-ring (bicyclic) bond motifs is 2. The quantitative estimate of drug-likeness (QED) is 0.561. The highest BCUT2D eigenvalue weighted by atomic mass is 16.5. The summed E-state index contributed by atoms with van der Waals surface area (Å²) in [6, 6.07) is 14.1. The number of ether oxygens (including phenoxy) is 1. The van der Waals surface area contributed by atoms with Crippen LogP contribution in [0.25, 0.3) is 27.5 Å². The molecule has 1 aromatic carbocycles. The molecule has 102 valence electrons. The molecule has 3 heterocycles. The summed E-state index contributed by atoms with van der Waals surface area (Å²) in [4.78, 5) is 4.45. The lowest BCUT2D eigenvalue weighted by atomic mass is 10.0. The first-order chi connectivity index (χ1) is 10.4. The number of methoxy groups -OCH3 is 1. The summed E-state index contributed by atoms with van der Waals surface area (Å²) in [5.74, 6) is 0.783. The lowest BCUT2D eigenvalue weighted by Crippen LogP contribution is -1.90. The molecule has 0 fully saturated rings. The Morgan fingerprint density at radius 3 is 2.86 bits per heavy atom. The predicted octanol–water partition coefficient (Wildman–Crippen LogP) is 3.56. The highest BCUT2D eigenvalue weighted by Crippen LogP contribution is 2.34. The fraction of sp³-hybridized carbons (Fsp3) is 0.0588. The van der Waals surface area contributed by atoms with E-state index in [9.17, 15) is 0 Å². The zero-order chi connectivity index (χ0) is 14.2. The molecule has 0 radical (unpaired) electrons. The highest BCUT2D eigenvalue weighted by molar-refractivity contribution is 6.00. The van der Waals surface area contributed by atoms with E-state index < -0.39 is 0 Å². The Bertz CT molecular complexity index is 943. The van der Waals surface area contributed by atoms with Crippen LogP contribution in [0, 0.1) is 0 Å². The molecule has 0 bridgehead atoms. The van der Waals surface area contributed by atoms with Crippen molar-refractivity contribution in [2.75, 3.05) is 7.11 Å². The second-order valence-electron chi connectivity index (χ2n) is 4.80. The maximum absolute atomic E-state index is 5.40. The third kappa shape index (κ3) is 1.76. The van der Waals surface area contributed by atoms with Gasteiger partial charge in [-0.1, -0.05) is 12.1 Å². The van der Waals surface area contributed by atoms with Crippen molar-refractivity contribution < 1.29 is 4.74 Å². The smallest absolute Gasteiger partial charge is 0.145 e. The van der Waals surface area contributed by atoms with Crippen molar-refractivity contribution in [2.24, 2.45) is 0 Å². The second-order valence-corrected chi connectivity index (χ2v) is 4.80. The van der Waals surface area contributed by atoms with Crippen molar-refractivity contribution in [2.45, 2.75) is 0 Å². The molecule has 0 atom stereocenters. The van der Waals surface area contributed by atoms with Crippen molar-refractivity contribution in [3.8, 4) is 16.9 Å². The van der Waals surface area contributed by atoms with E-state index in [-0.39, 0.29) is 0 Å².